The highest BCUT2D eigenvalue weighted by atomic mass is 19.3. The van der Waals surface area contributed by atoms with Gasteiger partial charge in [-0.15, -0.1) is 0 Å². The minimum atomic E-state index is -3.10. The van der Waals surface area contributed by atoms with Gasteiger partial charge in [0.2, 0.25) is 0 Å². The maximum absolute atomic E-state index is 13.3. The summed E-state index contributed by atoms with van der Waals surface area (Å²) in [5.74, 6) is 0.113. The summed E-state index contributed by atoms with van der Waals surface area (Å²) in [6.07, 6.45) is 7.49. The lowest BCUT2D eigenvalue weighted by molar-refractivity contribution is -0.0502. The molecule has 1 aliphatic heterocycles. The van der Waals surface area contributed by atoms with Crippen LogP contribution in [0.3, 0.4) is 0 Å². The number of benzene rings is 1. The zero-order chi connectivity index (χ0) is 26.1. The number of pyridine rings is 1. The Morgan fingerprint density at radius 1 is 1.19 bits per heavy atom. The number of rotatable bonds is 10. The minimum absolute atomic E-state index is 0.0496. The van der Waals surface area contributed by atoms with E-state index in [1.54, 1.807) is 12.3 Å². The highest BCUT2D eigenvalue weighted by Crippen LogP contribution is 2.37. The first-order valence-electron chi connectivity index (χ1n) is 12.7. The van der Waals surface area contributed by atoms with Crippen LogP contribution in [0.2, 0.25) is 0 Å². The van der Waals surface area contributed by atoms with Crippen LogP contribution in [0.25, 0.3) is 16.9 Å². The second-order valence-corrected chi connectivity index (χ2v) is 9.85. The number of hydrogen-bond acceptors (Lipinski definition) is 6. The van der Waals surface area contributed by atoms with Gasteiger partial charge in [-0.05, 0) is 64.3 Å². The van der Waals surface area contributed by atoms with Gasteiger partial charge in [-0.3, -0.25) is 14.1 Å². The number of halogens is 2. The topological polar surface area (TPSA) is 77.3 Å². The van der Waals surface area contributed by atoms with Gasteiger partial charge in [-0.25, -0.2) is 4.98 Å². The van der Waals surface area contributed by atoms with Gasteiger partial charge in [0.25, 0.3) is 5.91 Å². The number of imidazole rings is 1. The number of ether oxygens (including phenoxy) is 3. The highest BCUT2D eigenvalue weighted by molar-refractivity contribution is 6.01. The standard InChI is InChI=1S/C27H32F2N4O4/c1-16(2)32-9-4-5-19(32)15-36-20-8-10-33-21(14-30-24(33)13-20)17-11-22(35-3)25(23(12-17)37-27(28)29)26(34)31-18-6-7-18/h8,10-14,16,18-19,27H,4-7,9,15H2,1-3H3,(H,31,34). The Balaban J connectivity index is 1.42. The lowest BCUT2D eigenvalue weighted by Gasteiger charge is -2.28. The molecular formula is C27H32F2N4O4. The van der Waals surface area contributed by atoms with Crippen molar-refractivity contribution in [1.29, 1.82) is 0 Å². The zero-order valence-corrected chi connectivity index (χ0v) is 21.2. The Morgan fingerprint density at radius 3 is 2.68 bits per heavy atom. The molecule has 0 bridgehead atoms. The molecule has 8 nitrogen and oxygen atoms in total. The fraction of sp³-hybridized carbons (Fsp3) is 0.481. The second-order valence-electron chi connectivity index (χ2n) is 9.85. The van der Waals surface area contributed by atoms with E-state index < -0.39 is 12.5 Å². The summed E-state index contributed by atoms with van der Waals surface area (Å²) in [5.41, 5.74) is 1.75. The first kappa shape index (κ1) is 25.3. The number of likely N-dealkylation sites (tertiary alicyclic amines) is 1. The summed E-state index contributed by atoms with van der Waals surface area (Å²) in [6, 6.07) is 7.69. The van der Waals surface area contributed by atoms with Crippen LogP contribution >= 0.6 is 0 Å². The molecule has 0 radical (unpaired) electrons. The molecular weight excluding hydrogens is 482 g/mol. The third kappa shape index (κ3) is 5.49. The Kier molecular flexibility index (Phi) is 7.19. The smallest absolute Gasteiger partial charge is 0.387 e. The fourth-order valence-corrected chi connectivity index (χ4v) is 4.97. The Hall–Kier alpha value is -3.40. The number of carbonyl (C=O) groups is 1. The van der Waals surface area contributed by atoms with E-state index in [0.29, 0.717) is 41.3 Å². The molecule has 1 aromatic carbocycles. The van der Waals surface area contributed by atoms with Crippen molar-refractivity contribution in [3.05, 3.63) is 42.2 Å². The van der Waals surface area contributed by atoms with Crippen LogP contribution in [0.15, 0.2) is 36.7 Å². The van der Waals surface area contributed by atoms with Crippen molar-refractivity contribution in [2.24, 2.45) is 0 Å². The average molecular weight is 515 g/mol. The number of carbonyl (C=O) groups excluding carboxylic acids is 1. The molecule has 1 aliphatic carbocycles. The molecule has 1 atom stereocenters. The molecule has 3 heterocycles. The summed E-state index contributed by atoms with van der Waals surface area (Å²) >= 11 is 0. The van der Waals surface area contributed by atoms with Crippen molar-refractivity contribution in [3.63, 3.8) is 0 Å². The summed E-state index contributed by atoms with van der Waals surface area (Å²) in [7, 11) is 1.39. The van der Waals surface area contributed by atoms with Crippen molar-refractivity contribution in [1.82, 2.24) is 19.6 Å². The number of nitrogens with one attached hydrogen (secondary N) is 1. The Bertz CT molecular complexity index is 1270. The molecule has 10 heteroatoms. The lowest BCUT2D eigenvalue weighted by atomic mass is 10.1. The van der Waals surface area contributed by atoms with E-state index in [1.807, 2.05) is 22.7 Å². The van der Waals surface area contributed by atoms with Gasteiger partial charge in [-0.2, -0.15) is 8.78 Å². The van der Waals surface area contributed by atoms with Gasteiger partial charge in [-0.1, -0.05) is 0 Å². The molecule has 1 saturated carbocycles. The van der Waals surface area contributed by atoms with Crippen molar-refractivity contribution >= 4 is 11.6 Å². The number of alkyl halides is 2. The Labute approximate surface area is 214 Å². The van der Waals surface area contributed by atoms with Gasteiger partial charge in [0.1, 0.15) is 35.1 Å². The summed E-state index contributed by atoms with van der Waals surface area (Å²) < 4.78 is 44.7. The Morgan fingerprint density at radius 2 is 1.97 bits per heavy atom. The van der Waals surface area contributed by atoms with Crippen molar-refractivity contribution in [2.45, 2.75) is 64.3 Å². The molecule has 3 aromatic rings. The molecule has 5 rings (SSSR count). The maximum Gasteiger partial charge on any atom is 0.387 e. The van der Waals surface area contributed by atoms with Crippen LogP contribution in [0, 0.1) is 0 Å². The van der Waals surface area contributed by atoms with Gasteiger partial charge in [0.15, 0.2) is 0 Å². The minimum Gasteiger partial charge on any atom is -0.496 e. The van der Waals surface area contributed by atoms with Crippen LogP contribution in [-0.4, -0.2) is 65.2 Å². The molecule has 1 N–H and O–H groups in total. The molecule has 2 aromatic heterocycles. The average Bonchev–Trinajstić information content (AvgIpc) is 3.37. The van der Waals surface area contributed by atoms with E-state index in [9.17, 15) is 13.6 Å². The first-order valence-corrected chi connectivity index (χ1v) is 12.7. The summed E-state index contributed by atoms with van der Waals surface area (Å²) in [4.78, 5) is 19.7. The number of amides is 1. The van der Waals surface area contributed by atoms with Crippen LogP contribution in [0.5, 0.6) is 17.2 Å². The highest BCUT2D eigenvalue weighted by Gasteiger charge is 2.29. The van der Waals surface area contributed by atoms with Crippen molar-refractivity contribution in [2.75, 3.05) is 20.3 Å². The van der Waals surface area contributed by atoms with E-state index in [2.05, 4.69) is 29.0 Å². The van der Waals surface area contributed by atoms with E-state index in [4.69, 9.17) is 14.2 Å². The van der Waals surface area contributed by atoms with E-state index in [0.717, 1.165) is 25.8 Å². The predicted octanol–water partition coefficient (Wildman–Crippen LogP) is 4.76. The van der Waals surface area contributed by atoms with Gasteiger partial charge < -0.3 is 19.5 Å². The normalized spacial score (nSPS) is 18.1. The molecule has 37 heavy (non-hydrogen) atoms. The van der Waals surface area contributed by atoms with Crippen molar-refractivity contribution < 1.29 is 27.8 Å². The lowest BCUT2D eigenvalue weighted by Crippen LogP contribution is -2.39. The van der Waals surface area contributed by atoms with Gasteiger partial charge in [0.05, 0.1) is 19.0 Å². The first-order chi connectivity index (χ1) is 17.8. The maximum atomic E-state index is 13.3. The zero-order valence-electron chi connectivity index (χ0n) is 21.2. The van der Waals surface area contributed by atoms with Crippen LogP contribution in [0.1, 0.15) is 49.9 Å². The summed E-state index contributed by atoms with van der Waals surface area (Å²) in [5, 5.41) is 2.81. The van der Waals surface area contributed by atoms with Crippen LogP contribution in [0.4, 0.5) is 8.78 Å². The van der Waals surface area contributed by atoms with E-state index in [1.165, 1.54) is 19.6 Å². The second kappa shape index (κ2) is 10.5. The molecule has 198 valence electrons. The quantitative estimate of drug-likeness (QED) is 0.421. The molecule has 1 unspecified atom stereocenters. The van der Waals surface area contributed by atoms with Gasteiger partial charge >= 0.3 is 6.61 Å². The third-order valence-electron chi connectivity index (χ3n) is 6.95. The van der Waals surface area contributed by atoms with Crippen LogP contribution in [-0.2, 0) is 0 Å². The molecule has 1 amide bonds. The SMILES string of the molecule is COc1cc(-c2cnc3cc(OCC4CCCN4C(C)C)ccn23)cc(OC(F)F)c1C(=O)NC1CC1. The monoisotopic (exact) mass is 514 g/mol. The fourth-order valence-electron chi connectivity index (χ4n) is 4.97. The number of hydrogen-bond donors (Lipinski definition) is 1. The third-order valence-corrected chi connectivity index (χ3v) is 6.95. The van der Waals surface area contributed by atoms with Crippen molar-refractivity contribution in [3.8, 4) is 28.5 Å². The molecule has 2 aliphatic rings. The van der Waals surface area contributed by atoms with Crippen LogP contribution < -0.4 is 19.5 Å². The van der Waals surface area contributed by atoms with E-state index >= 15 is 0 Å². The number of nitrogens with zero attached hydrogens (tertiary/aromatic N) is 3. The summed E-state index contributed by atoms with van der Waals surface area (Å²) in [6.45, 7) is 3.01. The molecule has 2 fully saturated rings. The molecule has 0 spiro atoms. The number of aromatic nitrogens is 2. The number of fused-ring (bicyclic) bond motifs is 1. The molecule has 1 saturated heterocycles. The number of methoxy groups -OCH3 is 1. The largest absolute Gasteiger partial charge is 0.496 e. The predicted molar refractivity (Wildman–Crippen MR) is 135 cm³/mol. The van der Waals surface area contributed by atoms with E-state index in [-0.39, 0.29) is 23.1 Å². The van der Waals surface area contributed by atoms with Gasteiger partial charge in [0, 0.05) is 36.0 Å².